The fourth-order valence-corrected chi connectivity index (χ4v) is 3.21. The lowest BCUT2D eigenvalue weighted by molar-refractivity contribution is -0.260. The highest BCUT2D eigenvalue weighted by Crippen LogP contribution is 2.35. The van der Waals surface area contributed by atoms with Crippen LogP contribution in [0.3, 0.4) is 0 Å². The molecule has 1 atom stereocenters. The Morgan fingerprint density at radius 1 is 1.55 bits per heavy atom. The number of thioether (sulfide) groups is 1. The Labute approximate surface area is 123 Å². The largest absolute Gasteiger partial charge is 0.595 e. The number of carbonyl (C=O) groups excluding carboxylic acids is 2. The van der Waals surface area contributed by atoms with Gasteiger partial charge in [-0.15, -0.1) is 11.8 Å². The zero-order chi connectivity index (χ0) is 15.6. The van der Waals surface area contributed by atoms with E-state index in [1.807, 2.05) is 13.8 Å². The minimum absolute atomic E-state index is 0.302. The Bertz CT molecular complexity index is 415. The van der Waals surface area contributed by atoms with Crippen LogP contribution in [0.5, 0.6) is 0 Å². The first-order valence-electron chi connectivity index (χ1n) is 6.36. The zero-order valence-corrected chi connectivity index (χ0v) is 13.3. The van der Waals surface area contributed by atoms with E-state index in [9.17, 15) is 14.7 Å². The van der Waals surface area contributed by atoms with Gasteiger partial charge < -0.3 is 19.5 Å². The molecule has 0 N–H and O–H groups in total. The average molecular weight is 301 g/mol. The Balaban J connectivity index is 2.70. The first-order valence-corrected chi connectivity index (χ1v) is 7.41. The van der Waals surface area contributed by atoms with Crippen LogP contribution in [0.25, 0.3) is 0 Å². The molecular formula is C13H21N2O4S-. The minimum Gasteiger partial charge on any atom is -0.595 e. The molecule has 0 aliphatic carbocycles. The topological polar surface area (TPSA) is 82.0 Å². The van der Waals surface area contributed by atoms with Crippen LogP contribution in [-0.4, -0.2) is 52.0 Å². The number of aldehydes is 1. The molecule has 6 nitrogen and oxygen atoms in total. The second-order valence-electron chi connectivity index (χ2n) is 6.21. The minimum atomic E-state index is -0.766. The maximum absolute atomic E-state index is 12.2. The highest BCUT2D eigenvalue weighted by Gasteiger charge is 2.42. The quantitative estimate of drug-likeness (QED) is 0.428. The monoisotopic (exact) mass is 301 g/mol. The van der Waals surface area contributed by atoms with E-state index in [4.69, 9.17) is 4.74 Å². The van der Waals surface area contributed by atoms with Crippen LogP contribution in [0.15, 0.2) is 4.99 Å². The predicted molar refractivity (Wildman–Crippen MR) is 76.4 cm³/mol. The van der Waals surface area contributed by atoms with Crippen molar-refractivity contribution in [2.75, 3.05) is 12.3 Å². The maximum atomic E-state index is 12.2. The summed E-state index contributed by atoms with van der Waals surface area (Å²) in [7, 11) is 0. The Morgan fingerprint density at radius 3 is 2.65 bits per heavy atom. The van der Waals surface area contributed by atoms with Gasteiger partial charge in [0.1, 0.15) is 18.0 Å². The number of nitrogens with zero attached hydrogens (tertiary/aromatic N) is 2. The molecule has 1 heterocycles. The van der Waals surface area contributed by atoms with E-state index in [1.165, 1.54) is 16.7 Å². The number of aliphatic imine (C=N–C) groups is 1. The molecule has 1 fully saturated rings. The van der Waals surface area contributed by atoms with Gasteiger partial charge in [-0.25, -0.2) is 0 Å². The Morgan fingerprint density at radius 2 is 2.15 bits per heavy atom. The molecule has 1 aliphatic rings. The highest BCUT2D eigenvalue weighted by atomic mass is 32.2. The van der Waals surface area contributed by atoms with Crippen LogP contribution >= 0.6 is 11.8 Å². The van der Waals surface area contributed by atoms with E-state index in [2.05, 4.69) is 4.99 Å². The van der Waals surface area contributed by atoms with Crippen molar-refractivity contribution in [3.63, 3.8) is 0 Å². The van der Waals surface area contributed by atoms with Crippen molar-refractivity contribution in [2.24, 2.45) is 4.99 Å². The summed E-state index contributed by atoms with van der Waals surface area (Å²) in [4.78, 5) is 28.2. The highest BCUT2D eigenvalue weighted by molar-refractivity contribution is 8.00. The normalized spacial score (nSPS) is 22.8. The summed E-state index contributed by atoms with van der Waals surface area (Å²) in [5.74, 6) is 0.331. The van der Waals surface area contributed by atoms with Gasteiger partial charge >= 0.3 is 0 Å². The van der Waals surface area contributed by atoms with Crippen molar-refractivity contribution in [1.29, 1.82) is 0 Å². The Hall–Kier alpha value is -1.24. The first-order chi connectivity index (χ1) is 9.07. The molecule has 0 unspecified atom stereocenters. The van der Waals surface area contributed by atoms with Gasteiger partial charge in [0.25, 0.3) is 0 Å². The molecular weight excluding hydrogens is 280 g/mol. The molecule has 1 aliphatic heterocycles. The number of carbonyl (C=O) groups is 2. The second-order valence-corrected chi connectivity index (χ2v) is 7.32. The maximum Gasteiger partial charge on any atom is 0.246 e. The lowest BCUT2D eigenvalue weighted by atomic mass is 10.1. The van der Waals surface area contributed by atoms with Gasteiger partial charge in [0.15, 0.2) is 6.29 Å². The molecule has 1 rings (SSSR count). The number of amides is 1. The van der Waals surface area contributed by atoms with E-state index in [1.54, 1.807) is 20.8 Å². The zero-order valence-electron chi connectivity index (χ0n) is 12.5. The third kappa shape index (κ3) is 4.40. The van der Waals surface area contributed by atoms with Gasteiger partial charge in [0.2, 0.25) is 5.91 Å². The fourth-order valence-electron chi connectivity index (χ4n) is 1.86. The van der Waals surface area contributed by atoms with Crippen molar-refractivity contribution in [3.8, 4) is 0 Å². The van der Waals surface area contributed by atoms with Crippen LogP contribution in [0.1, 0.15) is 34.6 Å². The number of ether oxygens (including phenoxy) is 1. The van der Waals surface area contributed by atoms with Crippen LogP contribution in [0, 0.1) is 0 Å². The Kier molecular flexibility index (Phi) is 5.07. The van der Waals surface area contributed by atoms with Gasteiger partial charge in [-0.1, -0.05) is 20.8 Å². The van der Waals surface area contributed by atoms with Crippen LogP contribution in [-0.2, 0) is 14.3 Å². The van der Waals surface area contributed by atoms with E-state index in [0.717, 1.165) is 6.29 Å². The summed E-state index contributed by atoms with van der Waals surface area (Å²) in [6.07, 6.45) is -0.0247. The van der Waals surface area contributed by atoms with Gasteiger partial charge in [-0.3, -0.25) is 9.79 Å². The van der Waals surface area contributed by atoms with Crippen LogP contribution in [0.2, 0.25) is 0 Å². The molecule has 0 radical (unpaired) electrons. The van der Waals surface area contributed by atoms with E-state index >= 15 is 0 Å². The van der Waals surface area contributed by atoms with Gasteiger partial charge in [-0.2, -0.15) is 0 Å². The predicted octanol–water partition coefficient (Wildman–Crippen LogP) is 0.397. The molecule has 0 saturated carbocycles. The summed E-state index contributed by atoms with van der Waals surface area (Å²) < 4.78 is 5.00. The molecule has 0 aromatic rings. The van der Waals surface area contributed by atoms with E-state index in [0.29, 0.717) is 5.75 Å². The lowest BCUT2D eigenvalue weighted by Gasteiger charge is -2.33. The number of hydrogen-bond donors (Lipinski definition) is 0. The SMILES string of the molecule is CC(C)(C)OC([O-])=NCC(=O)N1[C@H](C=O)SCC1(C)C. The third-order valence-corrected chi connectivity index (χ3v) is 4.17. The standard InChI is InChI=1S/C13H22N2O4S/c1-12(2,3)19-11(18)14-6-9(17)15-10(7-16)20-8-13(15,4)5/h7,10H,6,8H2,1-5H3,(H,14,18)/p-1/t10-/m0/s1. The molecule has 7 heteroatoms. The summed E-state index contributed by atoms with van der Waals surface area (Å²) in [6, 6.07) is 0. The van der Waals surface area contributed by atoms with Crippen molar-refractivity contribution in [1.82, 2.24) is 4.90 Å². The first kappa shape index (κ1) is 16.8. The lowest BCUT2D eigenvalue weighted by Crippen LogP contribution is -2.49. The fraction of sp³-hybridized carbons (Fsp3) is 0.769. The molecule has 0 bridgehead atoms. The molecule has 1 saturated heterocycles. The number of hydrogen-bond acceptors (Lipinski definition) is 6. The van der Waals surface area contributed by atoms with Crippen LogP contribution < -0.4 is 5.11 Å². The second kappa shape index (κ2) is 6.03. The summed E-state index contributed by atoms with van der Waals surface area (Å²) in [5.41, 5.74) is -1.06. The van der Waals surface area contributed by atoms with Gasteiger partial charge in [0, 0.05) is 16.9 Å². The summed E-state index contributed by atoms with van der Waals surface area (Å²) >= 11 is 1.41. The summed E-state index contributed by atoms with van der Waals surface area (Å²) in [6.45, 7) is 8.65. The smallest absolute Gasteiger partial charge is 0.246 e. The van der Waals surface area contributed by atoms with Crippen molar-refractivity contribution in [3.05, 3.63) is 0 Å². The van der Waals surface area contributed by atoms with Crippen LogP contribution in [0.4, 0.5) is 0 Å². The molecule has 114 valence electrons. The van der Waals surface area contributed by atoms with E-state index < -0.39 is 22.6 Å². The third-order valence-electron chi connectivity index (χ3n) is 2.64. The number of rotatable bonds is 3. The molecule has 0 aromatic heterocycles. The average Bonchev–Trinajstić information content (AvgIpc) is 2.59. The molecule has 0 aromatic carbocycles. The van der Waals surface area contributed by atoms with Crippen molar-refractivity contribution < 1.29 is 19.4 Å². The molecule has 20 heavy (non-hydrogen) atoms. The van der Waals surface area contributed by atoms with Gasteiger partial charge in [-0.05, 0) is 13.8 Å². The van der Waals surface area contributed by atoms with Gasteiger partial charge in [0.05, 0.1) is 0 Å². The summed E-state index contributed by atoms with van der Waals surface area (Å²) in [5, 5.41) is 10.9. The molecule has 1 amide bonds. The van der Waals surface area contributed by atoms with E-state index in [-0.39, 0.29) is 12.5 Å². The van der Waals surface area contributed by atoms with Crippen molar-refractivity contribution in [2.45, 2.75) is 51.1 Å². The van der Waals surface area contributed by atoms with Crippen molar-refractivity contribution >= 4 is 30.0 Å². The molecule has 0 spiro atoms.